The van der Waals surface area contributed by atoms with Gasteiger partial charge in [-0.2, -0.15) is 18.4 Å². The Morgan fingerprint density at radius 1 is 1.29 bits per heavy atom. The molecule has 1 rings (SSSR count). The summed E-state index contributed by atoms with van der Waals surface area (Å²) in [6.07, 6.45) is -4.41. The number of alkyl halides is 3. The van der Waals surface area contributed by atoms with Gasteiger partial charge in [-0.15, -0.1) is 0 Å². The number of aliphatic hydroxyl groups excluding tert-OH is 1. The summed E-state index contributed by atoms with van der Waals surface area (Å²) in [6.45, 7) is 3.38. The van der Waals surface area contributed by atoms with Gasteiger partial charge in [0.15, 0.2) is 0 Å². The first-order valence-corrected chi connectivity index (χ1v) is 6.39. The molecule has 0 aliphatic rings. The zero-order valence-electron chi connectivity index (χ0n) is 11.3. The molecule has 1 aromatic carbocycles. The standard InChI is InChI=1S/C14H13F3N2OS/c1-8(2)12(20)11(7-18)13(21)19-10-5-3-9(4-6-10)14(15,16)17/h3-6,8,20H,1-2H3,(H,19,21)/b12-11-. The number of hydrogen-bond donors (Lipinski definition) is 2. The van der Waals surface area contributed by atoms with E-state index in [1.165, 1.54) is 12.1 Å². The lowest BCUT2D eigenvalue weighted by atomic mass is 10.1. The van der Waals surface area contributed by atoms with E-state index in [1.807, 2.05) is 0 Å². The van der Waals surface area contributed by atoms with Crippen molar-refractivity contribution in [3.05, 3.63) is 41.2 Å². The molecule has 0 radical (unpaired) electrons. The van der Waals surface area contributed by atoms with Crippen molar-refractivity contribution in [3.8, 4) is 6.07 Å². The molecule has 7 heteroatoms. The van der Waals surface area contributed by atoms with Crippen LogP contribution in [0.4, 0.5) is 18.9 Å². The van der Waals surface area contributed by atoms with Crippen LogP contribution in [0.3, 0.4) is 0 Å². The summed E-state index contributed by atoms with van der Waals surface area (Å²) in [7, 11) is 0. The first kappa shape index (κ1) is 17.0. The molecule has 2 N–H and O–H groups in total. The molecule has 1 aromatic rings. The molecule has 112 valence electrons. The molecule has 0 atom stereocenters. The molecule has 21 heavy (non-hydrogen) atoms. The third-order valence-electron chi connectivity index (χ3n) is 2.61. The summed E-state index contributed by atoms with van der Waals surface area (Å²) >= 11 is 4.98. The van der Waals surface area contributed by atoms with Crippen LogP contribution in [0, 0.1) is 17.2 Å². The molecular formula is C14H13F3N2OS. The van der Waals surface area contributed by atoms with Crippen LogP contribution in [0.5, 0.6) is 0 Å². The second kappa shape index (κ2) is 6.59. The van der Waals surface area contributed by atoms with E-state index in [-0.39, 0.29) is 22.2 Å². The van der Waals surface area contributed by atoms with E-state index >= 15 is 0 Å². The van der Waals surface area contributed by atoms with Gasteiger partial charge < -0.3 is 10.4 Å². The maximum absolute atomic E-state index is 12.4. The highest BCUT2D eigenvalue weighted by Gasteiger charge is 2.30. The smallest absolute Gasteiger partial charge is 0.416 e. The summed E-state index contributed by atoms with van der Waals surface area (Å²) in [5.41, 5.74) is -0.572. The number of thiocarbonyl (C=S) groups is 1. The molecule has 0 aliphatic carbocycles. The minimum absolute atomic E-state index is 0.0385. The van der Waals surface area contributed by atoms with Crippen molar-refractivity contribution in [3.63, 3.8) is 0 Å². The molecule has 0 amide bonds. The van der Waals surface area contributed by atoms with Crippen LogP contribution in [0.25, 0.3) is 0 Å². The minimum Gasteiger partial charge on any atom is -0.511 e. The van der Waals surface area contributed by atoms with E-state index < -0.39 is 11.7 Å². The first-order valence-electron chi connectivity index (χ1n) is 5.98. The van der Waals surface area contributed by atoms with Crippen molar-refractivity contribution in [2.75, 3.05) is 5.32 Å². The molecule has 0 bridgehead atoms. The monoisotopic (exact) mass is 314 g/mol. The van der Waals surface area contributed by atoms with Crippen molar-refractivity contribution in [1.82, 2.24) is 0 Å². The van der Waals surface area contributed by atoms with Crippen molar-refractivity contribution < 1.29 is 18.3 Å². The molecule has 0 saturated carbocycles. The molecule has 3 nitrogen and oxygen atoms in total. The Balaban J connectivity index is 2.94. The Bertz CT molecular complexity index is 598. The van der Waals surface area contributed by atoms with E-state index in [0.717, 1.165) is 12.1 Å². The van der Waals surface area contributed by atoms with Crippen LogP contribution < -0.4 is 5.32 Å². The lowest BCUT2D eigenvalue weighted by Crippen LogP contribution is -2.15. The number of allylic oxidation sites excluding steroid dienone is 1. The van der Waals surface area contributed by atoms with Gasteiger partial charge in [-0.05, 0) is 24.3 Å². The van der Waals surface area contributed by atoms with Crippen molar-refractivity contribution in [2.45, 2.75) is 20.0 Å². The fraction of sp³-hybridized carbons (Fsp3) is 0.286. The quantitative estimate of drug-likeness (QED) is 0.375. The maximum atomic E-state index is 12.4. The number of halogens is 3. The van der Waals surface area contributed by atoms with Crippen LogP contribution >= 0.6 is 12.2 Å². The highest BCUT2D eigenvalue weighted by atomic mass is 32.1. The third kappa shape index (κ3) is 4.46. The van der Waals surface area contributed by atoms with Gasteiger partial charge in [0, 0.05) is 11.6 Å². The molecule has 0 heterocycles. The van der Waals surface area contributed by atoms with Crippen LogP contribution in [0.1, 0.15) is 19.4 Å². The number of rotatable bonds is 3. The summed E-state index contributed by atoms with van der Waals surface area (Å²) in [5.74, 6) is -0.450. The first-order chi connectivity index (χ1) is 9.66. The lowest BCUT2D eigenvalue weighted by Gasteiger charge is -2.12. The summed E-state index contributed by atoms with van der Waals surface area (Å²) in [4.78, 5) is -0.0385. The van der Waals surface area contributed by atoms with E-state index in [4.69, 9.17) is 17.5 Å². The van der Waals surface area contributed by atoms with E-state index in [1.54, 1.807) is 19.9 Å². The zero-order valence-corrected chi connectivity index (χ0v) is 12.1. The Morgan fingerprint density at radius 3 is 2.19 bits per heavy atom. The zero-order chi connectivity index (χ0) is 16.2. The SMILES string of the molecule is CC(C)/C(O)=C(\C#N)C(=S)Nc1ccc(C(F)(F)F)cc1. The molecule has 0 saturated heterocycles. The van der Waals surface area contributed by atoms with Gasteiger partial charge in [0.05, 0.1) is 5.56 Å². The fourth-order valence-electron chi connectivity index (χ4n) is 1.45. The number of hydrogen-bond acceptors (Lipinski definition) is 3. The van der Waals surface area contributed by atoms with Crippen LogP contribution in [0.2, 0.25) is 0 Å². The van der Waals surface area contributed by atoms with Gasteiger partial charge in [-0.25, -0.2) is 0 Å². The van der Waals surface area contributed by atoms with E-state index in [9.17, 15) is 18.3 Å². The summed E-state index contributed by atoms with van der Waals surface area (Å²) in [5, 5.41) is 21.4. The van der Waals surface area contributed by atoms with Crippen molar-refractivity contribution in [2.24, 2.45) is 5.92 Å². The Hall–Kier alpha value is -2.07. The second-order valence-electron chi connectivity index (χ2n) is 4.56. The van der Waals surface area contributed by atoms with E-state index in [2.05, 4.69) is 5.32 Å². The molecule has 0 aromatic heterocycles. The fourth-order valence-corrected chi connectivity index (χ4v) is 1.72. The highest BCUT2D eigenvalue weighted by Crippen LogP contribution is 2.30. The van der Waals surface area contributed by atoms with E-state index in [0.29, 0.717) is 5.69 Å². The summed E-state index contributed by atoms with van der Waals surface area (Å²) in [6, 6.07) is 6.01. The molecule has 0 aliphatic heterocycles. The van der Waals surface area contributed by atoms with Gasteiger partial charge in [0.1, 0.15) is 22.4 Å². The van der Waals surface area contributed by atoms with Crippen LogP contribution in [0.15, 0.2) is 35.6 Å². The normalized spacial score (nSPS) is 12.6. The van der Waals surface area contributed by atoms with Gasteiger partial charge in [-0.1, -0.05) is 26.1 Å². The topological polar surface area (TPSA) is 56.0 Å². The molecular weight excluding hydrogens is 301 g/mol. The maximum Gasteiger partial charge on any atom is 0.416 e. The second-order valence-corrected chi connectivity index (χ2v) is 4.96. The Labute approximate surface area is 125 Å². The lowest BCUT2D eigenvalue weighted by molar-refractivity contribution is -0.137. The average molecular weight is 314 g/mol. The third-order valence-corrected chi connectivity index (χ3v) is 2.92. The van der Waals surface area contributed by atoms with Gasteiger partial charge in [0.25, 0.3) is 0 Å². The largest absolute Gasteiger partial charge is 0.511 e. The van der Waals surface area contributed by atoms with Gasteiger partial charge in [-0.3, -0.25) is 0 Å². The van der Waals surface area contributed by atoms with Gasteiger partial charge >= 0.3 is 6.18 Å². The molecule has 0 unspecified atom stereocenters. The predicted octanol–water partition coefficient (Wildman–Crippen LogP) is 4.44. The number of nitriles is 1. The van der Waals surface area contributed by atoms with Crippen molar-refractivity contribution >= 4 is 22.9 Å². The molecule has 0 fully saturated rings. The Kier molecular flexibility index (Phi) is 5.33. The minimum atomic E-state index is -4.41. The summed E-state index contributed by atoms with van der Waals surface area (Å²) < 4.78 is 37.3. The van der Waals surface area contributed by atoms with Crippen LogP contribution in [-0.2, 0) is 6.18 Å². The number of benzene rings is 1. The number of nitrogens with zero attached hydrogens (tertiary/aromatic N) is 1. The number of aliphatic hydroxyl groups is 1. The van der Waals surface area contributed by atoms with Gasteiger partial charge in [0.2, 0.25) is 0 Å². The van der Waals surface area contributed by atoms with Crippen molar-refractivity contribution in [1.29, 1.82) is 5.26 Å². The molecule has 0 spiro atoms. The average Bonchev–Trinajstić information content (AvgIpc) is 2.38. The highest BCUT2D eigenvalue weighted by molar-refractivity contribution is 7.81. The number of anilines is 1. The number of nitrogens with one attached hydrogen (secondary N) is 1. The Morgan fingerprint density at radius 2 is 1.81 bits per heavy atom. The predicted molar refractivity (Wildman–Crippen MR) is 77.8 cm³/mol. The van der Waals surface area contributed by atoms with Crippen LogP contribution in [-0.4, -0.2) is 10.1 Å².